The van der Waals surface area contributed by atoms with Crippen molar-refractivity contribution in [2.24, 2.45) is 5.92 Å². The molecule has 0 aliphatic rings. The van der Waals surface area contributed by atoms with Gasteiger partial charge in [-0.15, -0.1) is 0 Å². The molecule has 0 bridgehead atoms. The largest absolute Gasteiger partial charge is 0.495 e. The Balaban J connectivity index is 2.15. The Kier molecular flexibility index (Phi) is 7.27. The van der Waals surface area contributed by atoms with Crippen LogP contribution in [0.3, 0.4) is 0 Å². The predicted molar refractivity (Wildman–Crippen MR) is 107 cm³/mol. The second kappa shape index (κ2) is 9.65. The summed E-state index contributed by atoms with van der Waals surface area (Å²) in [6.07, 6.45) is 1.51. The first-order chi connectivity index (χ1) is 12.9. The Morgan fingerprint density at radius 1 is 1.26 bits per heavy atom. The van der Waals surface area contributed by atoms with Crippen LogP contribution < -0.4 is 14.8 Å². The molecule has 1 N–H and O–H groups in total. The minimum absolute atomic E-state index is 0.0344. The van der Waals surface area contributed by atoms with E-state index in [9.17, 15) is 10.1 Å². The molecule has 0 aromatic heterocycles. The van der Waals surface area contributed by atoms with Crippen molar-refractivity contribution in [1.82, 2.24) is 0 Å². The van der Waals surface area contributed by atoms with E-state index in [1.165, 1.54) is 13.2 Å². The van der Waals surface area contributed by atoms with Gasteiger partial charge in [0.05, 0.1) is 19.4 Å². The zero-order valence-corrected chi connectivity index (χ0v) is 16.2. The Hall–Kier alpha value is -2.97. The standard InChI is InChI=1S/C21H21ClN2O3/c1-14(2)13-27-18-7-4-15(5-8-18)10-16(12-23)21(25)24-19-11-17(22)6-9-20(19)26-3/h4-11,14H,13H2,1-3H3,(H,24,25)/b16-10+. The molecule has 0 spiro atoms. The molecule has 0 radical (unpaired) electrons. The normalized spacial score (nSPS) is 11.0. The Labute approximate surface area is 164 Å². The molecule has 0 aliphatic carbocycles. The monoisotopic (exact) mass is 384 g/mol. The van der Waals surface area contributed by atoms with E-state index in [4.69, 9.17) is 21.1 Å². The number of nitrogens with one attached hydrogen (secondary N) is 1. The van der Waals surface area contributed by atoms with Crippen LogP contribution in [0.5, 0.6) is 11.5 Å². The highest BCUT2D eigenvalue weighted by molar-refractivity contribution is 6.31. The van der Waals surface area contributed by atoms with Crippen LogP contribution in [0.2, 0.25) is 5.02 Å². The third-order valence-corrected chi connectivity index (χ3v) is 3.78. The van der Waals surface area contributed by atoms with E-state index in [2.05, 4.69) is 19.2 Å². The van der Waals surface area contributed by atoms with Gasteiger partial charge < -0.3 is 14.8 Å². The van der Waals surface area contributed by atoms with Gasteiger partial charge in [0.15, 0.2) is 0 Å². The molecule has 140 valence electrons. The molecule has 6 heteroatoms. The number of methoxy groups -OCH3 is 1. The van der Waals surface area contributed by atoms with Crippen molar-refractivity contribution in [3.8, 4) is 17.6 Å². The van der Waals surface area contributed by atoms with E-state index >= 15 is 0 Å². The van der Waals surface area contributed by atoms with Crippen LogP contribution in [0.1, 0.15) is 19.4 Å². The van der Waals surface area contributed by atoms with Crippen LogP contribution in [0.25, 0.3) is 6.08 Å². The zero-order valence-electron chi connectivity index (χ0n) is 15.5. The summed E-state index contributed by atoms with van der Waals surface area (Å²) in [5, 5.41) is 12.5. The average molecular weight is 385 g/mol. The van der Waals surface area contributed by atoms with E-state index in [-0.39, 0.29) is 5.57 Å². The lowest BCUT2D eigenvalue weighted by atomic mass is 10.1. The Bertz CT molecular complexity index is 868. The number of amides is 1. The second-order valence-corrected chi connectivity index (χ2v) is 6.68. The van der Waals surface area contributed by atoms with Gasteiger partial charge in [0.25, 0.3) is 5.91 Å². The number of hydrogen-bond donors (Lipinski definition) is 1. The number of benzene rings is 2. The van der Waals surface area contributed by atoms with Gasteiger partial charge in [-0.3, -0.25) is 4.79 Å². The molecule has 0 saturated carbocycles. The van der Waals surface area contributed by atoms with E-state index in [1.54, 1.807) is 42.5 Å². The van der Waals surface area contributed by atoms with Gasteiger partial charge in [-0.05, 0) is 47.9 Å². The summed E-state index contributed by atoms with van der Waals surface area (Å²) in [6.45, 7) is 4.77. The number of nitrogens with zero attached hydrogens (tertiary/aromatic N) is 1. The van der Waals surface area contributed by atoms with Crippen LogP contribution in [-0.2, 0) is 4.79 Å². The van der Waals surface area contributed by atoms with Crippen LogP contribution in [0.4, 0.5) is 5.69 Å². The number of rotatable bonds is 7. The number of carbonyl (C=O) groups is 1. The summed E-state index contributed by atoms with van der Waals surface area (Å²) in [6, 6.07) is 14.0. The van der Waals surface area contributed by atoms with E-state index < -0.39 is 5.91 Å². The smallest absolute Gasteiger partial charge is 0.266 e. The van der Waals surface area contributed by atoms with Crippen LogP contribution >= 0.6 is 11.6 Å². The summed E-state index contributed by atoms with van der Waals surface area (Å²) in [7, 11) is 1.49. The minimum atomic E-state index is -0.543. The zero-order chi connectivity index (χ0) is 19.8. The molecule has 2 rings (SSSR count). The SMILES string of the molecule is COc1ccc(Cl)cc1NC(=O)/C(C#N)=C/c1ccc(OCC(C)C)cc1. The summed E-state index contributed by atoms with van der Waals surface area (Å²) in [5.41, 5.74) is 1.08. The van der Waals surface area contributed by atoms with Crippen molar-refractivity contribution in [1.29, 1.82) is 5.26 Å². The Morgan fingerprint density at radius 2 is 1.96 bits per heavy atom. The fourth-order valence-electron chi connectivity index (χ4n) is 2.21. The molecule has 5 nitrogen and oxygen atoms in total. The predicted octanol–water partition coefficient (Wildman–Crippen LogP) is 4.93. The van der Waals surface area contributed by atoms with Gasteiger partial charge in [-0.1, -0.05) is 37.6 Å². The molecule has 0 heterocycles. The van der Waals surface area contributed by atoms with Crippen molar-refractivity contribution < 1.29 is 14.3 Å². The van der Waals surface area contributed by atoms with Crippen molar-refractivity contribution in [2.45, 2.75) is 13.8 Å². The lowest BCUT2D eigenvalue weighted by Gasteiger charge is -2.10. The maximum absolute atomic E-state index is 12.4. The first kappa shape index (κ1) is 20.3. The molecule has 0 fully saturated rings. The summed E-state index contributed by atoms with van der Waals surface area (Å²) >= 11 is 5.96. The number of nitriles is 1. The van der Waals surface area contributed by atoms with Crippen molar-refractivity contribution >= 4 is 29.3 Å². The van der Waals surface area contributed by atoms with E-state index in [0.29, 0.717) is 29.0 Å². The molecule has 0 unspecified atom stereocenters. The number of hydrogen-bond acceptors (Lipinski definition) is 4. The van der Waals surface area contributed by atoms with Crippen LogP contribution in [0.15, 0.2) is 48.0 Å². The molecular weight excluding hydrogens is 364 g/mol. The highest BCUT2D eigenvalue weighted by Crippen LogP contribution is 2.28. The molecule has 0 atom stereocenters. The first-order valence-corrected chi connectivity index (χ1v) is 8.80. The third kappa shape index (κ3) is 6.05. The number of carbonyl (C=O) groups excluding carboxylic acids is 1. The lowest BCUT2D eigenvalue weighted by molar-refractivity contribution is -0.112. The summed E-state index contributed by atoms with van der Waals surface area (Å²) in [5.74, 6) is 1.09. The van der Waals surface area contributed by atoms with Gasteiger partial charge in [0.1, 0.15) is 23.1 Å². The minimum Gasteiger partial charge on any atom is -0.495 e. The highest BCUT2D eigenvalue weighted by Gasteiger charge is 2.13. The number of ether oxygens (including phenoxy) is 2. The fourth-order valence-corrected chi connectivity index (χ4v) is 2.38. The van der Waals surface area contributed by atoms with Crippen molar-refractivity contribution in [2.75, 3.05) is 19.0 Å². The van der Waals surface area contributed by atoms with Gasteiger partial charge in [0, 0.05) is 5.02 Å². The number of halogens is 1. The maximum Gasteiger partial charge on any atom is 0.266 e. The summed E-state index contributed by atoms with van der Waals surface area (Å²) in [4.78, 5) is 12.4. The average Bonchev–Trinajstić information content (AvgIpc) is 2.65. The van der Waals surface area contributed by atoms with E-state index in [0.717, 1.165) is 11.3 Å². The van der Waals surface area contributed by atoms with Gasteiger partial charge >= 0.3 is 0 Å². The van der Waals surface area contributed by atoms with Crippen molar-refractivity contribution in [3.05, 3.63) is 58.6 Å². The molecule has 0 aliphatic heterocycles. The molecule has 27 heavy (non-hydrogen) atoms. The Morgan fingerprint density at radius 3 is 2.56 bits per heavy atom. The van der Waals surface area contributed by atoms with Gasteiger partial charge in [-0.2, -0.15) is 5.26 Å². The third-order valence-electron chi connectivity index (χ3n) is 3.55. The topological polar surface area (TPSA) is 71.3 Å². The first-order valence-electron chi connectivity index (χ1n) is 8.42. The molecule has 2 aromatic carbocycles. The quantitative estimate of drug-likeness (QED) is 0.542. The van der Waals surface area contributed by atoms with Crippen LogP contribution in [-0.4, -0.2) is 19.6 Å². The maximum atomic E-state index is 12.4. The number of anilines is 1. The van der Waals surface area contributed by atoms with Crippen molar-refractivity contribution in [3.63, 3.8) is 0 Å². The fraction of sp³-hybridized carbons (Fsp3) is 0.238. The second-order valence-electron chi connectivity index (χ2n) is 6.24. The van der Waals surface area contributed by atoms with E-state index in [1.807, 2.05) is 6.07 Å². The summed E-state index contributed by atoms with van der Waals surface area (Å²) < 4.78 is 10.8. The molecule has 2 aromatic rings. The molecule has 1 amide bonds. The van der Waals surface area contributed by atoms with Gasteiger partial charge in [-0.25, -0.2) is 0 Å². The van der Waals surface area contributed by atoms with Gasteiger partial charge in [0.2, 0.25) is 0 Å². The lowest BCUT2D eigenvalue weighted by Crippen LogP contribution is -2.14. The van der Waals surface area contributed by atoms with Crippen LogP contribution in [0, 0.1) is 17.2 Å². The highest BCUT2D eigenvalue weighted by atomic mass is 35.5. The molecular formula is C21H21ClN2O3. The molecule has 0 saturated heterocycles.